The van der Waals surface area contributed by atoms with Crippen LogP contribution < -0.4 is 0 Å². The molecule has 0 spiro atoms. The van der Waals surface area contributed by atoms with Gasteiger partial charge in [-0.3, -0.25) is 0 Å². The highest BCUT2D eigenvalue weighted by molar-refractivity contribution is 5.72. The summed E-state index contributed by atoms with van der Waals surface area (Å²) in [6, 6.07) is 26.8. The first kappa shape index (κ1) is 16.8. The minimum atomic E-state index is 0.596. The van der Waals surface area contributed by atoms with Crippen LogP contribution in [0.1, 0.15) is 16.7 Å². The summed E-state index contributed by atoms with van der Waals surface area (Å²) in [6.07, 6.45) is 4.05. The van der Waals surface area contributed by atoms with Crippen LogP contribution in [0, 0.1) is 11.8 Å². The normalized spacial score (nSPS) is 10.4. The van der Waals surface area contributed by atoms with Gasteiger partial charge >= 0.3 is 0 Å². The van der Waals surface area contributed by atoms with Crippen molar-refractivity contribution in [1.82, 2.24) is 0 Å². The van der Waals surface area contributed by atoms with Crippen molar-refractivity contribution in [2.75, 3.05) is 13.7 Å². The van der Waals surface area contributed by atoms with E-state index in [1.165, 1.54) is 5.56 Å². The quantitative estimate of drug-likeness (QED) is 0.583. The molecule has 0 aromatic heterocycles. The fourth-order valence-corrected chi connectivity index (χ4v) is 2.62. The van der Waals surface area contributed by atoms with E-state index in [1.54, 1.807) is 7.11 Å². The Morgan fingerprint density at radius 3 is 2.20 bits per heavy atom. The second-order valence-electron chi connectivity index (χ2n) is 5.61. The van der Waals surface area contributed by atoms with Crippen molar-refractivity contribution < 1.29 is 4.74 Å². The molecule has 3 rings (SSSR count). The zero-order chi connectivity index (χ0) is 17.3. The van der Waals surface area contributed by atoms with Gasteiger partial charge in [-0.25, -0.2) is 0 Å². The smallest absolute Gasteiger partial charge is 0.0646 e. The lowest BCUT2D eigenvalue weighted by molar-refractivity contribution is 0.234. The van der Waals surface area contributed by atoms with Gasteiger partial charge in [-0.2, -0.15) is 0 Å². The molecule has 0 saturated carbocycles. The molecule has 0 fully saturated rings. The Morgan fingerprint density at radius 1 is 0.760 bits per heavy atom. The molecule has 0 unspecified atom stereocenters. The van der Waals surface area contributed by atoms with Crippen molar-refractivity contribution in [3.8, 4) is 23.0 Å². The van der Waals surface area contributed by atoms with Gasteiger partial charge in [0.1, 0.15) is 0 Å². The van der Waals surface area contributed by atoms with Crippen LogP contribution in [0.5, 0.6) is 0 Å². The van der Waals surface area contributed by atoms with Crippen molar-refractivity contribution in [3.63, 3.8) is 0 Å². The summed E-state index contributed by atoms with van der Waals surface area (Å²) in [5.74, 6) is 6.67. The molecule has 3 aromatic rings. The van der Waals surface area contributed by atoms with E-state index >= 15 is 0 Å². The van der Waals surface area contributed by atoms with Crippen LogP contribution in [0.3, 0.4) is 0 Å². The second-order valence-corrected chi connectivity index (χ2v) is 5.61. The molecular formula is C24H20O. The van der Waals surface area contributed by atoms with Gasteiger partial charge in [-0.05, 0) is 28.8 Å². The van der Waals surface area contributed by atoms with E-state index < -0.39 is 0 Å². The van der Waals surface area contributed by atoms with Gasteiger partial charge in [0.25, 0.3) is 0 Å². The maximum Gasteiger partial charge on any atom is 0.0646 e. The molecular weight excluding hydrogens is 304 g/mol. The topological polar surface area (TPSA) is 9.23 Å². The van der Waals surface area contributed by atoms with Crippen LogP contribution in [0.2, 0.25) is 0 Å². The van der Waals surface area contributed by atoms with Crippen LogP contribution in [-0.2, 0) is 4.74 Å². The van der Waals surface area contributed by atoms with E-state index in [0.717, 1.165) is 22.3 Å². The molecule has 1 nitrogen and oxygen atoms in total. The Bertz CT molecular complexity index is 911. The molecule has 1 heteroatoms. The molecule has 0 heterocycles. The van der Waals surface area contributed by atoms with Crippen molar-refractivity contribution >= 4 is 6.08 Å². The maximum absolute atomic E-state index is 5.07. The summed E-state index contributed by atoms with van der Waals surface area (Å²) in [6.45, 7) is 0.596. The summed E-state index contributed by atoms with van der Waals surface area (Å²) in [5.41, 5.74) is 5.48. The number of ether oxygens (including phenoxy) is 1. The van der Waals surface area contributed by atoms with Gasteiger partial charge < -0.3 is 4.74 Å². The van der Waals surface area contributed by atoms with Crippen molar-refractivity contribution in [1.29, 1.82) is 0 Å². The fraction of sp³-hybridized carbons (Fsp3) is 0.0833. The average Bonchev–Trinajstić information content (AvgIpc) is 2.68. The summed E-state index contributed by atoms with van der Waals surface area (Å²) in [7, 11) is 1.69. The minimum Gasteiger partial charge on any atom is -0.381 e. The summed E-state index contributed by atoms with van der Waals surface area (Å²) < 4.78 is 5.07. The lowest BCUT2D eigenvalue weighted by Crippen LogP contribution is -1.86. The zero-order valence-electron chi connectivity index (χ0n) is 14.3. The number of hydrogen-bond donors (Lipinski definition) is 0. The third kappa shape index (κ3) is 4.47. The number of methoxy groups -OCH3 is 1. The molecule has 25 heavy (non-hydrogen) atoms. The number of hydrogen-bond acceptors (Lipinski definition) is 1. The molecule has 0 N–H and O–H groups in total. The van der Waals surface area contributed by atoms with Crippen LogP contribution in [0.15, 0.2) is 84.9 Å². The van der Waals surface area contributed by atoms with E-state index in [-0.39, 0.29) is 0 Å². The van der Waals surface area contributed by atoms with Crippen molar-refractivity contribution in [2.45, 2.75) is 0 Å². The number of rotatable bonds is 4. The molecule has 0 aliphatic carbocycles. The van der Waals surface area contributed by atoms with E-state index in [9.17, 15) is 0 Å². The fourth-order valence-electron chi connectivity index (χ4n) is 2.62. The van der Waals surface area contributed by atoms with Gasteiger partial charge in [0.15, 0.2) is 0 Å². The van der Waals surface area contributed by atoms with Gasteiger partial charge in [-0.1, -0.05) is 90.7 Å². The SMILES string of the molecule is COCC=Cc1ccccc1C#Cc1ccccc1-c1ccccc1. The summed E-state index contributed by atoms with van der Waals surface area (Å²) in [5, 5.41) is 0. The largest absolute Gasteiger partial charge is 0.381 e. The molecule has 0 amide bonds. The van der Waals surface area contributed by atoms with Gasteiger partial charge in [0, 0.05) is 18.2 Å². The molecule has 3 aromatic carbocycles. The molecule has 122 valence electrons. The van der Waals surface area contributed by atoms with Gasteiger partial charge in [0.05, 0.1) is 6.61 Å². The zero-order valence-corrected chi connectivity index (χ0v) is 14.3. The Labute approximate surface area is 149 Å². The van der Waals surface area contributed by atoms with Crippen LogP contribution in [-0.4, -0.2) is 13.7 Å². The monoisotopic (exact) mass is 324 g/mol. The number of benzene rings is 3. The van der Waals surface area contributed by atoms with Crippen LogP contribution >= 0.6 is 0 Å². The Kier molecular flexibility index (Phi) is 5.82. The van der Waals surface area contributed by atoms with Gasteiger partial charge in [0.2, 0.25) is 0 Å². The van der Waals surface area contributed by atoms with E-state index in [0.29, 0.717) is 6.61 Å². The highest BCUT2D eigenvalue weighted by Crippen LogP contribution is 2.22. The molecule has 0 aliphatic rings. The molecule has 0 bridgehead atoms. The molecule has 0 saturated heterocycles. The lowest BCUT2D eigenvalue weighted by Gasteiger charge is -2.04. The maximum atomic E-state index is 5.07. The molecule has 0 atom stereocenters. The summed E-state index contributed by atoms with van der Waals surface area (Å²) >= 11 is 0. The lowest BCUT2D eigenvalue weighted by atomic mass is 9.99. The molecule has 0 aliphatic heterocycles. The first-order valence-electron chi connectivity index (χ1n) is 8.29. The minimum absolute atomic E-state index is 0.596. The standard InChI is InChI=1S/C24H20O/c1-25-19-9-15-20-10-5-6-11-21(20)17-18-23-14-7-8-16-24(23)22-12-3-2-4-13-22/h2-16H,19H2,1H3. The first-order chi connectivity index (χ1) is 12.4. The van der Waals surface area contributed by atoms with E-state index in [4.69, 9.17) is 4.74 Å². The molecule has 0 radical (unpaired) electrons. The highest BCUT2D eigenvalue weighted by atomic mass is 16.5. The Morgan fingerprint density at radius 2 is 1.40 bits per heavy atom. The van der Waals surface area contributed by atoms with E-state index in [1.807, 2.05) is 36.4 Å². The van der Waals surface area contributed by atoms with Crippen molar-refractivity contribution in [3.05, 3.63) is 102 Å². The van der Waals surface area contributed by atoms with Crippen molar-refractivity contribution in [2.24, 2.45) is 0 Å². The Balaban J connectivity index is 1.96. The van der Waals surface area contributed by atoms with Crippen LogP contribution in [0.4, 0.5) is 0 Å². The highest BCUT2D eigenvalue weighted by Gasteiger charge is 2.01. The van der Waals surface area contributed by atoms with E-state index in [2.05, 4.69) is 66.4 Å². The predicted molar refractivity (Wildman–Crippen MR) is 105 cm³/mol. The Hall–Kier alpha value is -3.08. The average molecular weight is 324 g/mol. The predicted octanol–water partition coefficient (Wildman–Crippen LogP) is 5.41. The van der Waals surface area contributed by atoms with Gasteiger partial charge in [-0.15, -0.1) is 0 Å². The van der Waals surface area contributed by atoms with Crippen LogP contribution in [0.25, 0.3) is 17.2 Å². The second kappa shape index (κ2) is 8.68. The summed E-state index contributed by atoms with van der Waals surface area (Å²) in [4.78, 5) is 0. The first-order valence-corrected chi connectivity index (χ1v) is 8.29. The third-order valence-corrected chi connectivity index (χ3v) is 3.86. The third-order valence-electron chi connectivity index (χ3n) is 3.86.